The number of hydrogen-bond acceptors (Lipinski definition) is 3. The topological polar surface area (TPSA) is 55.4 Å². The van der Waals surface area contributed by atoms with Gasteiger partial charge in [-0.05, 0) is 30.7 Å². The van der Waals surface area contributed by atoms with Crippen LogP contribution in [0.4, 0.5) is 13.6 Å². The van der Waals surface area contributed by atoms with E-state index in [9.17, 15) is 18.4 Å². The van der Waals surface area contributed by atoms with Crippen molar-refractivity contribution in [3.8, 4) is 0 Å². The van der Waals surface area contributed by atoms with Crippen LogP contribution in [0.15, 0.2) is 48.5 Å². The number of halogens is 2. The fraction of sp³-hybridized carbons (Fsp3) is 0.176. The lowest BCUT2D eigenvalue weighted by Gasteiger charge is -2.13. The van der Waals surface area contributed by atoms with Crippen LogP contribution in [0.5, 0.6) is 0 Å². The third-order valence-electron chi connectivity index (χ3n) is 3.13. The lowest BCUT2D eigenvalue weighted by atomic mass is 10.0. The van der Waals surface area contributed by atoms with Gasteiger partial charge in [-0.2, -0.15) is 0 Å². The van der Waals surface area contributed by atoms with Crippen LogP contribution >= 0.6 is 0 Å². The Morgan fingerprint density at radius 3 is 2.52 bits per heavy atom. The van der Waals surface area contributed by atoms with E-state index in [1.807, 2.05) is 6.07 Å². The van der Waals surface area contributed by atoms with Crippen molar-refractivity contribution in [2.24, 2.45) is 0 Å². The van der Waals surface area contributed by atoms with Gasteiger partial charge in [0.25, 0.3) is 0 Å². The number of benzene rings is 2. The first kappa shape index (κ1) is 16.6. The Labute approximate surface area is 132 Å². The van der Waals surface area contributed by atoms with Gasteiger partial charge >= 0.3 is 6.09 Å². The van der Waals surface area contributed by atoms with E-state index in [2.05, 4.69) is 5.32 Å². The number of carbonyl (C=O) groups is 2. The Morgan fingerprint density at radius 2 is 1.83 bits per heavy atom. The monoisotopic (exact) mass is 319 g/mol. The second-order valence-corrected chi connectivity index (χ2v) is 4.92. The molecule has 0 radical (unpaired) electrons. The van der Waals surface area contributed by atoms with Crippen LogP contribution in [0, 0.1) is 11.6 Å². The Balaban J connectivity index is 1.92. The molecule has 0 aliphatic heterocycles. The number of nitrogens with one attached hydrogen (secondary N) is 1. The highest BCUT2D eigenvalue weighted by molar-refractivity contribution is 6.01. The Bertz CT molecular complexity index is 704. The summed E-state index contributed by atoms with van der Waals surface area (Å²) in [6.45, 7) is 1.42. The number of ketones is 1. The van der Waals surface area contributed by atoms with Crippen LogP contribution in [-0.4, -0.2) is 17.9 Å². The lowest BCUT2D eigenvalue weighted by molar-refractivity contribution is 0.0922. The second-order valence-electron chi connectivity index (χ2n) is 4.92. The van der Waals surface area contributed by atoms with E-state index in [0.29, 0.717) is 0 Å². The van der Waals surface area contributed by atoms with Crippen LogP contribution in [0.1, 0.15) is 22.8 Å². The van der Waals surface area contributed by atoms with E-state index < -0.39 is 35.1 Å². The summed E-state index contributed by atoms with van der Waals surface area (Å²) < 4.78 is 31.6. The van der Waals surface area contributed by atoms with Gasteiger partial charge in [-0.3, -0.25) is 4.79 Å². The smallest absolute Gasteiger partial charge is 0.408 e. The maximum Gasteiger partial charge on any atom is 0.408 e. The van der Waals surface area contributed by atoms with Crippen molar-refractivity contribution in [1.82, 2.24) is 5.32 Å². The molecule has 6 heteroatoms. The molecule has 0 aromatic heterocycles. The third kappa shape index (κ3) is 4.60. The van der Waals surface area contributed by atoms with Crippen molar-refractivity contribution >= 4 is 11.9 Å². The van der Waals surface area contributed by atoms with Crippen LogP contribution < -0.4 is 5.32 Å². The van der Waals surface area contributed by atoms with Gasteiger partial charge in [-0.25, -0.2) is 13.6 Å². The Morgan fingerprint density at radius 1 is 1.13 bits per heavy atom. The minimum absolute atomic E-state index is 0.0436. The first-order chi connectivity index (χ1) is 11.0. The SMILES string of the molecule is C[C@H](NC(=O)OCc1ccccc1)C(=O)c1cc(F)ccc1F. The average Bonchev–Trinajstić information content (AvgIpc) is 2.55. The van der Waals surface area contributed by atoms with Crippen LogP contribution in [0.25, 0.3) is 0 Å². The van der Waals surface area contributed by atoms with Crippen LogP contribution in [-0.2, 0) is 11.3 Å². The summed E-state index contributed by atoms with van der Waals surface area (Å²) in [5, 5.41) is 2.30. The molecule has 120 valence electrons. The molecule has 1 atom stereocenters. The lowest BCUT2D eigenvalue weighted by Crippen LogP contribution is -2.39. The Hall–Kier alpha value is -2.76. The first-order valence-corrected chi connectivity index (χ1v) is 6.94. The normalized spacial score (nSPS) is 11.6. The molecular formula is C17H15F2NO3. The molecule has 1 N–H and O–H groups in total. The van der Waals surface area contributed by atoms with E-state index in [0.717, 1.165) is 23.8 Å². The Kier molecular flexibility index (Phi) is 5.41. The summed E-state index contributed by atoms with van der Waals surface area (Å²) in [5.74, 6) is -2.31. The van der Waals surface area contributed by atoms with Gasteiger partial charge < -0.3 is 10.1 Å². The third-order valence-corrected chi connectivity index (χ3v) is 3.13. The standard InChI is InChI=1S/C17H15F2NO3/c1-11(16(21)14-9-13(18)7-8-15(14)19)20-17(22)23-10-12-5-3-2-4-6-12/h2-9,11H,10H2,1H3,(H,20,22)/t11-/m0/s1. The molecule has 0 aliphatic carbocycles. The summed E-state index contributed by atoms with van der Waals surface area (Å²) in [7, 11) is 0. The molecule has 0 bridgehead atoms. The van der Waals surface area contributed by atoms with Gasteiger partial charge in [0.15, 0.2) is 5.78 Å². The highest BCUT2D eigenvalue weighted by atomic mass is 19.1. The van der Waals surface area contributed by atoms with Gasteiger partial charge in [0, 0.05) is 0 Å². The van der Waals surface area contributed by atoms with E-state index >= 15 is 0 Å². The predicted octanol–water partition coefficient (Wildman–Crippen LogP) is 3.46. The zero-order chi connectivity index (χ0) is 16.8. The molecule has 0 unspecified atom stereocenters. The van der Waals surface area contributed by atoms with Crippen molar-refractivity contribution in [1.29, 1.82) is 0 Å². The minimum Gasteiger partial charge on any atom is -0.445 e. The van der Waals surface area contributed by atoms with Gasteiger partial charge in [0.1, 0.15) is 18.2 Å². The van der Waals surface area contributed by atoms with Gasteiger partial charge in [-0.15, -0.1) is 0 Å². The second kappa shape index (κ2) is 7.49. The maximum atomic E-state index is 13.6. The molecule has 2 aromatic rings. The number of Topliss-reactive ketones (excluding diaryl/α,β-unsaturated/α-hetero) is 1. The number of amides is 1. The summed E-state index contributed by atoms with van der Waals surface area (Å²) in [6.07, 6.45) is -0.813. The first-order valence-electron chi connectivity index (χ1n) is 6.94. The van der Waals surface area contributed by atoms with E-state index in [4.69, 9.17) is 4.74 Å². The van der Waals surface area contributed by atoms with E-state index in [-0.39, 0.29) is 6.61 Å². The maximum absolute atomic E-state index is 13.6. The number of ether oxygens (including phenoxy) is 1. The average molecular weight is 319 g/mol. The summed E-state index contributed by atoms with van der Waals surface area (Å²) in [5.41, 5.74) is 0.374. The number of hydrogen-bond donors (Lipinski definition) is 1. The molecule has 2 aromatic carbocycles. The van der Waals surface area contributed by atoms with E-state index in [1.54, 1.807) is 24.3 Å². The molecule has 0 heterocycles. The van der Waals surface area contributed by atoms with Crippen LogP contribution in [0.3, 0.4) is 0 Å². The van der Waals surface area contributed by atoms with Gasteiger partial charge in [0.05, 0.1) is 11.6 Å². The summed E-state index contributed by atoms with van der Waals surface area (Å²) in [4.78, 5) is 23.7. The van der Waals surface area contributed by atoms with Crippen molar-refractivity contribution in [2.75, 3.05) is 0 Å². The van der Waals surface area contributed by atoms with Crippen molar-refractivity contribution < 1.29 is 23.1 Å². The molecule has 1 amide bonds. The van der Waals surface area contributed by atoms with Crippen molar-refractivity contribution in [3.63, 3.8) is 0 Å². The summed E-state index contributed by atoms with van der Waals surface area (Å²) >= 11 is 0. The number of rotatable bonds is 5. The van der Waals surface area contributed by atoms with Crippen molar-refractivity contribution in [2.45, 2.75) is 19.6 Å². The van der Waals surface area contributed by atoms with Gasteiger partial charge in [-0.1, -0.05) is 30.3 Å². The zero-order valence-electron chi connectivity index (χ0n) is 12.4. The number of carbonyl (C=O) groups excluding carboxylic acids is 2. The minimum atomic E-state index is -1.05. The zero-order valence-corrected chi connectivity index (χ0v) is 12.4. The molecule has 0 saturated carbocycles. The fourth-order valence-corrected chi connectivity index (χ4v) is 1.93. The molecule has 0 saturated heterocycles. The fourth-order valence-electron chi connectivity index (χ4n) is 1.93. The highest BCUT2D eigenvalue weighted by Crippen LogP contribution is 2.12. The predicted molar refractivity (Wildman–Crippen MR) is 79.9 cm³/mol. The highest BCUT2D eigenvalue weighted by Gasteiger charge is 2.21. The summed E-state index contributed by atoms with van der Waals surface area (Å²) in [6, 6.07) is 10.5. The molecule has 0 aliphatic rings. The number of alkyl carbamates (subject to hydrolysis) is 1. The molecular weight excluding hydrogens is 304 g/mol. The van der Waals surface area contributed by atoms with Gasteiger partial charge in [0.2, 0.25) is 0 Å². The quantitative estimate of drug-likeness (QED) is 0.859. The molecule has 4 nitrogen and oxygen atoms in total. The van der Waals surface area contributed by atoms with E-state index in [1.165, 1.54) is 6.92 Å². The van der Waals surface area contributed by atoms with Crippen LogP contribution in [0.2, 0.25) is 0 Å². The molecule has 0 spiro atoms. The molecule has 2 rings (SSSR count). The largest absolute Gasteiger partial charge is 0.445 e. The van der Waals surface area contributed by atoms with Crippen molar-refractivity contribution in [3.05, 3.63) is 71.3 Å². The molecule has 0 fully saturated rings. The molecule has 23 heavy (non-hydrogen) atoms.